The minimum absolute atomic E-state index is 0.0921. The topological polar surface area (TPSA) is 227 Å². The summed E-state index contributed by atoms with van der Waals surface area (Å²) >= 11 is 0. The molecule has 0 unspecified atom stereocenters. The summed E-state index contributed by atoms with van der Waals surface area (Å²) in [5.74, 6) is -0.572. The molecule has 9 atom stereocenters. The van der Waals surface area contributed by atoms with E-state index in [4.69, 9.17) is 32.8 Å². The van der Waals surface area contributed by atoms with Gasteiger partial charge in [-0.1, -0.05) is 12.1 Å². The maximum absolute atomic E-state index is 13.4. The fraction of sp³-hybridized carbons (Fsp3) is 0.464. The van der Waals surface area contributed by atoms with Crippen molar-refractivity contribution in [3.05, 3.63) is 46.8 Å². The van der Waals surface area contributed by atoms with Gasteiger partial charge in [0.15, 0.2) is 17.8 Å². The number of rotatable bonds is 8. The highest BCUT2D eigenvalue weighted by Gasteiger charge is 2.47. The van der Waals surface area contributed by atoms with Gasteiger partial charge in [0.2, 0.25) is 17.5 Å². The van der Waals surface area contributed by atoms with E-state index in [0.717, 1.165) is 0 Å². The number of phenolic OH excluding ortho intramolecular Hbond substituents is 1. The summed E-state index contributed by atoms with van der Waals surface area (Å²) in [4.78, 5) is 13.4. The maximum Gasteiger partial charge on any atom is 0.229 e. The molecular formula is C28H32O15. The van der Waals surface area contributed by atoms with Crippen molar-refractivity contribution in [2.45, 2.75) is 55.3 Å². The van der Waals surface area contributed by atoms with Crippen LogP contribution in [-0.2, 0) is 14.2 Å². The first-order chi connectivity index (χ1) is 20.5. The molecule has 5 rings (SSSR count). The summed E-state index contributed by atoms with van der Waals surface area (Å²) in [5, 5.41) is 71.9. The average Bonchev–Trinajstić information content (AvgIpc) is 3.00. The van der Waals surface area contributed by atoms with Crippen molar-refractivity contribution in [1.82, 2.24) is 0 Å². The lowest BCUT2D eigenvalue weighted by atomic mass is 9.99. The van der Waals surface area contributed by atoms with E-state index in [1.807, 2.05) is 0 Å². The first-order valence-corrected chi connectivity index (χ1v) is 13.2. The molecule has 15 nitrogen and oxygen atoms in total. The molecule has 2 aliphatic heterocycles. The van der Waals surface area contributed by atoms with Crippen molar-refractivity contribution in [3.8, 4) is 34.1 Å². The molecule has 3 aromatic rings. The third-order valence-electron chi connectivity index (χ3n) is 7.36. The van der Waals surface area contributed by atoms with Crippen LogP contribution in [0.4, 0.5) is 0 Å². The number of benzene rings is 2. The molecule has 0 saturated carbocycles. The van der Waals surface area contributed by atoms with Gasteiger partial charge in [-0.05, 0) is 17.7 Å². The van der Waals surface area contributed by atoms with Gasteiger partial charge in [0.05, 0.1) is 33.0 Å². The fourth-order valence-electron chi connectivity index (χ4n) is 4.87. The number of aliphatic hydroxyl groups is 6. The molecule has 2 fully saturated rings. The molecule has 7 N–H and O–H groups in total. The second-order valence-corrected chi connectivity index (χ2v) is 10.1. The van der Waals surface area contributed by atoms with Crippen LogP contribution in [0.25, 0.3) is 22.1 Å². The fourth-order valence-corrected chi connectivity index (χ4v) is 4.87. The Balaban J connectivity index is 1.39. The predicted octanol–water partition coefficient (Wildman–Crippen LogP) is -1.18. The molecule has 0 aliphatic carbocycles. The van der Waals surface area contributed by atoms with E-state index in [2.05, 4.69) is 0 Å². The molecule has 2 aliphatic rings. The van der Waals surface area contributed by atoms with Gasteiger partial charge < -0.3 is 68.6 Å². The van der Waals surface area contributed by atoms with Crippen molar-refractivity contribution < 1.29 is 68.6 Å². The third kappa shape index (κ3) is 5.86. The lowest BCUT2D eigenvalue weighted by Crippen LogP contribution is -2.61. The Morgan fingerprint density at radius 2 is 1.58 bits per heavy atom. The van der Waals surface area contributed by atoms with Crippen molar-refractivity contribution in [1.29, 1.82) is 0 Å². The van der Waals surface area contributed by atoms with Crippen molar-refractivity contribution in [3.63, 3.8) is 0 Å². The number of phenols is 1. The van der Waals surface area contributed by atoms with Gasteiger partial charge in [0.25, 0.3) is 0 Å². The molecule has 234 valence electrons. The SMILES string of the molecule is COc1ccc(-c2coc3cc(O[C@@H]4O[C@@H](CO[C@H]5OC[C@@H](O)[C@@H](O)[C@H]5O)[C@@H](O)[C@@H](O)[C@@H]4O)c(OC)c(O)c3c2=O)cc1. The molecular weight excluding hydrogens is 576 g/mol. The molecule has 0 bridgehead atoms. The minimum Gasteiger partial charge on any atom is -0.504 e. The van der Waals surface area contributed by atoms with Gasteiger partial charge >= 0.3 is 0 Å². The highest BCUT2D eigenvalue weighted by atomic mass is 16.7. The molecule has 2 aromatic carbocycles. The second kappa shape index (κ2) is 12.6. The lowest BCUT2D eigenvalue weighted by Gasteiger charge is -2.41. The van der Waals surface area contributed by atoms with Crippen molar-refractivity contribution >= 4 is 11.0 Å². The van der Waals surface area contributed by atoms with Gasteiger partial charge in [0.1, 0.15) is 65.7 Å². The second-order valence-electron chi connectivity index (χ2n) is 10.1. The Hall–Kier alpha value is -3.51. The van der Waals surface area contributed by atoms with Crippen LogP contribution in [0, 0.1) is 0 Å². The van der Waals surface area contributed by atoms with E-state index < -0.39 is 73.1 Å². The summed E-state index contributed by atoms with van der Waals surface area (Å²) < 4.78 is 38.0. The van der Waals surface area contributed by atoms with Crippen LogP contribution in [0.1, 0.15) is 0 Å². The number of hydrogen-bond acceptors (Lipinski definition) is 15. The van der Waals surface area contributed by atoms with E-state index in [9.17, 15) is 40.5 Å². The standard InChI is InChI=1S/C28H32O15/c1-37-12-5-3-11(4-6-12)13-8-39-15-7-16(26(38-2)22(33)18(15)19(13)30)42-28-25(36)23(34)21(32)17(43-28)10-41-27-24(35)20(31)14(29)9-40-27/h3-8,14,17,20-21,23-25,27-29,31-36H,9-10H2,1-2H3/t14-,17+,20-,21-,23-,24-,25+,27-,28-/m1/s1. The Morgan fingerprint density at radius 1 is 0.884 bits per heavy atom. The van der Waals surface area contributed by atoms with E-state index in [1.165, 1.54) is 26.5 Å². The van der Waals surface area contributed by atoms with E-state index in [0.29, 0.717) is 11.3 Å². The maximum atomic E-state index is 13.4. The number of methoxy groups -OCH3 is 2. The van der Waals surface area contributed by atoms with Crippen LogP contribution in [0.5, 0.6) is 23.0 Å². The first-order valence-electron chi connectivity index (χ1n) is 13.2. The van der Waals surface area contributed by atoms with Crippen LogP contribution in [0.3, 0.4) is 0 Å². The number of ether oxygens (including phenoxy) is 6. The third-order valence-corrected chi connectivity index (χ3v) is 7.36. The number of aliphatic hydroxyl groups excluding tert-OH is 6. The predicted molar refractivity (Wildman–Crippen MR) is 144 cm³/mol. The van der Waals surface area contributed by atoms with Crippen molar-refractivity contribution in [2.24, 2.45) is 0 Å². The Bertz CT molecular complexity index is 1470. The summed E-state index contributed by atoms with van der Waals surface area (Å²) in [5.41, 5.74) is 0.00139. The Labute approximate surface area is 243 Å². The summed E-state index contributed by atoms with van der Waals surface area (Å²) in [7, 11) is 2.71. The quantitative estimate of drug-likeness (QED) is 0.160. The molecule has 3 heterocycles. The molecule has 0 radical (unpaired) electrons. The first kappa shape index (κ1) is 30.9. The van der Waals surface area contributed by atoms with Gasteiger partial charge in [0, 0.05) is 6.07 Å². The highest BCUT2D eigenvalue weighted by Crippen LogP contribution is 2.43. The minimum atomic E-state index is -1.80. The molecule has 15 heteroatoms. The monoisotopic (exact) mass is 608 g/mol. The van der Waals surface area contributed by atoms with E-state index in [-0.39, 0.29) is 34.6 Å². The van der Waals surface area contributed by atoms with Crippen molar-refractivity contribution in [2.75, 3.05) is 27.4 Å². The van der Waals surface area contributed by atoms with E-state index in [1.54, 1.807) is 24.3 Å². The zero-order chi connectivity index (χ0) is 31.0. The van der Waals surface area contributed by atoms with Gasteiger partial charge in [-0.15, -0.1) is 0 Å². The Kier molecular flexibility index (Phi) is 9.07. The zero-order valence-electron chi connectivity index (χ0n) is 23.0. The number of aromatic hydroxyl groups is 1. The molecule has 0 spiro atoms. The summed E-state index contributed by atoms with van der Waals surface area (Å²) in [6.45, 7) is -0.828. The number of hydrogen-bond donors (Lipinski definition) is 7. The largest absolute Gasteiger partial charge is 0.504 e. The zero-order valence-corrected chi connectivity index (χ0v) is 23.0. The van der Waals surface area contributed by atoms with Gasteiger partial charge in [-0.25, -0.2) is 0 Å². The number of fused-ring (bicyclic) bond motifs is 1. The highest BCUT2D eigenvalue weighted by molar-refractivity contribution is 5.91. The molecule has 43 heavy (non-hydrogen) atoms. The van der Waals surface area contributed by atoms with Crippen LogP contribution < -0.4 is 19.6 Å². The molecule has 1 aromatic heterocycles. The van der Waals surface area contributed by atoms with Gasteiger partial charge in [-0.3, -0.25) is 4.79 Å². The van der Waals surface area contributed by atoms with Crippen LogP contribution in [0.2, 0.25) is 0 Å². The molecule has 2 saturated heterocycles. The van der Waals surface area contributed by atoms with Crippen LogP contribution >= 0.6 is 0 Å². The Morgan fingerprint density at radius 3 is 2.26 bits per heavy atom. The summed E-state index contributed by atoms with van der Waals surface area (Å²) in [6.07, 6.45) is -12.9. The molecule has 0 amide bonds. The normalized spacial score (nSPS) is 31.1. The van der Waals surface area contributed by atoms with Crippen LogP contribution in [0.15, 0.2) is 45.8 Å². The van der Waals surface area contributed by atoms with Crippen LogP contribution in [-0.4, -0.2) is 118 Å². The smallest absolute Gasteiger partial charge is 0.229 e. The average molecular weight is 609 g/mol. The van der Waals surface area contributed by atoms with E-state index >= 15 is 0 Å². The lowest BCUT2D eigenvalue weighted by molar-refractivity contribution is -0.307. The van der Waals surface area contributed by atoms with Gasteiger partial charge in [-0.2, -0.15) is 0 Å². The summed E-state index contributed by atoms with van der Waals surface area (Å²) in [6, 6.07) is 7.85.